The predicted octanol–water partition coefficient (Wildman–Crippen LogP) is 2.58. The fourth-order valence-corrected chi connectivity index (χ4v) is 4.15. The lowest BCUT2D eigenvalue weighted by Gasteiger charge is -2.30. The Kier molecular flexibility index (Phi) is 2.43. The van der Waals surface area contributed by atoms with Crippen LogP contribution in [0.5, 0.6) is 0 Å². The molecule has 2 atom stereocenters. The van der Waals surface area contributed by atoms with Crippen LogP contribution in [0.2, 0.25) is 0 Å². The molecule has 0 radical (unpaired) electrons. The van der Waals surface area contributed by atoms with Gasteiger partial charge in [-0.15, -0.1) is 0 Å². The molecule has 2 unspecified atom stereocenters. The number of hydrogen-bond acceptors (Lipinski definition) is 3. The summed E-state index contributed by atoms with van der Waals surface area (Å²) in [4.78, 5) is 14.0. The zero-order chi connectivity index (χ0) is 11.1. The summed E-state index contributed by atoms with van der Waals surface area (Å²) in [5.41, 5.74) is 2.02. The maximum absolute atomic E-state index is 11.6. The zero-order valence-electron chi connectivity index (χ0n) is 9.35. The Labute approximate surface area is 100 Å². The highest BCUT2D eigenvalue weighted by atomic mass is 32.2. The molecule has 0 saturated carbocycles. The van der Waals surface area contributed by atoms with Gasteiger partial charge in [0.05, 0.1) is 0 Å². The normalized spacial score (nSPS) is 27.4. The third-order valence-corrected chi connectivity index (χ3v) is 4.88. The molecular weight excluding hydrogens is 218 g/mol. The Hall–Kier alpha value is -0.960. The number of anilines is 1. The molecule has 2 heterocycles. The Balaban J connectivity index is 1.97. The van der Waals surface area contributed by atoms with Gasteiger partial charge in [-0.2, -0.15) is 11.8 Å². The highest BCUT2D eigenvalue weighted by Gasteiger charge is 2.39. The van der Waals surface area contributed by atoms with Crippen molar-refractivity contribution in [3.63, 3.8) is 0 Å². The van der Waals surface area contributed by atoms with Crippen LogP contribution in [-0.2, 0) is 0 Å². The van der Waals surface area contributed by atoms with Gasteiger partial charge < -0.3 is 4.90 Å². The first-order chi connectivity index (χ1) is 7.75. The third-order valence-electron chi connectivity index (χ3n) is 3.49. The average molecular weight is 233 g/mol. The Bertz CT molecular complexity index is 432. The Morgan fingerprint density at radius 1 is 1.44 bits per heavy atom. The maximum atomic E-state index is 11.6. The van der Waals surface area contributed by atoms with E-state index < -0.39 is 0 Å². The number of hydrogen-bond donors (Lipinski definition) is 0. The molecule has 0 amide bonds. The van der Waals surface area contributed by atoms with E-state index in [0.29, 0.717) is 6.04 Å². The number of fused-ring (bicyclic) bond motifs is 2. The van der Waals surface area contributed by atoms with Gasteiger partial charge in [0.25, 0.3) is 0 Å². The molecule has 3 rings (SSSR count). The predicted molar refractivity (Wildman–Crippen MR) is 68.4 cm³/mol. The van der Waals surface area contributed by atoms with Gasteiger partial charge in [0.2, 0.25) is 0 Å². The number of ketones is 1. The summed E-state index contributed by atoms with van der Waals surface area (Å²) in [5.74, 6) is 1.39. The molecule has 0 spiro atoms. The van der Waals surface area contributed by atoms with Gasteiger partial charge in [-0.05, 0) is 25.5 Å². The third kappa shape index (κ3) is 1.54. The molecule has 0 aromatic heterocycles. The molecule has 1 aromatic rings. The number of carbonyl (C=O) groups excluding carboxylic acids is 1. The van der Waals surface area contributed by atoms with Gasteiger partial charge in [-0.1, -0.05) is 12.1 Å². The van der Waals surface area contributed by atoms with E-state index in [4.69, 9.17) is 0 Å². The van der Waals surface area contributed by atoms with Crippen LogP contribution in [-0.4, -0.2) is 29.4 Å². The van der Waals surface area contributed by atoms with Crippen molar-refractivity contribution >= 4 is 23.2 Å². The van der Waals surface area contributed by atoms with E-state index in [2.05, 4.69) is 22.7 Å². The van der Waals surface area contributed by atoms with Crippen molar-refractivity contribution in [1.29, 1.82) is 0 Å². The number of nitrogens with zero attached hydrogens (tertiary/aromatic N) is 1. The van der Waals surface area contributed by atoms with Crippen LogP contribution >= 0.6 is 11.8 Å². The van der Waals surface area contributed by atoms with E-state index in [1.165, 1.54) is 12.2 Å². The second-order valence-corrected chi connectivity index (χ2v) is 5.90. The minimum atomic E-state index is 0.172. The summed E-state index contributed by atoms with van der Waals surface area (Å²) >= 11 is 2.08. The topological polar surface area (TPSA) is 20.3 Å². The summed E-state index contributed by atoms with van der Waals surface area (Å²) in [6, 6.07) is 8.65. The Morgan fingerprint density at radius 3 is 2.88 bits per heavy atom. The van der Waals surface area contributed by atoms with Crippen molar-refractivity contribution in [1.82, 2.24) is 0 Å². The molecule has 16 heavy (non-hydrogen) atoms. The van der Waals surface area contributed by atoms with Crippen molar-refractivity contribution in [2.24, 2.45) is 0 Å². The SMILES string of the molecule is CC(=O)c1ccccc1N1CC2CC1CS2. The number of benzene rings is 1. The standard InChI is InChI=1S/C13H15NOS/c1-9(15)12-4-2-3-5-13(12)14-7-11-6-10(14)8-16-11/h2-5,10-11H,6-8H2,1H3. The quantitative estimate of drug-likeness (QED) is 0.732. The van der Waals surface area contributed by atoms with Crippen LogP contribution < -0.4 is 4.90 Å². The maximum Gasteiger partial charge on any atom is 0.161 e. The minimum absolute atomic E-state index is 0.172. The average Bonchev–Trinajstić information content (AvgIpc) is 2.90. The highest BCUT2D eigenvalue weighted by Crippen LogP contribution is 2.40. The van der Waals surface area contributed by atoms with Crippen LogP contribution in [0.3, 0.4) is 0 Å². The molecule has 0 aliphatic carbocycles. The fraction of sp³-hybridized carbons (Fsp3) is 0.462. The second kappa shape index (κ2) is 3.81. The number of Topliss-reactive ketones (excluding diaryl/α,β-unsaturated/α-hetero) is 1. The van der Waals surface area contributed by atoms with Crippen molar-refractivity contribution < 1.29 is 4.79 Å². The van der Waals surface area contributed by atoms with Gasteiger partial charge in [0.1, 0.15) is 0 Å². The van der Waals surface area contributed by atoms with E-state index >= 15 is 0 Å². The van der Waals surface area contributed by atoms with Crippen LogP contribution in [0, 0.1) is 0 Å². The lowest BCUT2D eigenvalue weighted by molar-refractivity contribution is 0.101. The largest absolute Gasteiger partial charge is 0.366 e. The molecule has 2 nitrogen and oxygen atoms in total. The molecule has 3 heteroatoms. The molecule has 84 valence electrons. The zero-order valence-corrected chi connectivity index (χ0v) is 10.2. The number of carbonyl (C=O) groups is 1. The number of para-hydroxylation sites is 1. The number of thioether (sulfide) groups is 1. The lowest BCUT2D eigenvalue weighted by atomic mass is 10.1. The smallest absolute Gasteiger partial charge is 0.161 e. The number of rotatable bonds is 2. The minimum Gasteiger partial charge on any atom is -0.366 e. The molecule has 2 fully saturated rings. The molecule has 2 aliphatic rings. The van der Waals surface area contributed by atoms with Crippen molar-refractivity contribution in [3.8, 4) is 0 Å². The van der Waals surface area contributed by atoms with Gasteiger partial charge in [-0.3, -0.25) is 4.79 Å². The van der Waals surface area contributed by atoms with Crippen molar-refractivity contribution in [2.45, 2.75) is 24.6 Å². The first kappa shape index (κ1) is 10.2. The summed E-state index contributed by atoms with van der Waals surface area (Å²) in [6.07, 6.45) is 1.29. The first-order valence-corrected chi connectivity index (χ1v) is 6.79. The van der Waals surface area contributed by atoms with Crippen molar-refractivity contribution in [2.75, 3.05) is 17.2 Å². The van der Waals surface area contributed by atoms with E-state index in [1.54, 1.807) is 6.92 Å². The Morgan fingerprint density at radius 2 is 2.25 bits per heavy atom. The van der Waals surface area contributed by atoms with Crippen LogP contribution in [0.1, 0.15) is 23.7 Å². The monoisotopic (exact) mass is 233 g/mol. The lowest BCUT2D eigenvalue weighted by Crippen LogP contribution is -2.34. The molecule has 2 aliphatic heterocycles. The molecular formula is C13H15NOS. The van der Waals surface area contributed by atoms with E-state index in [0.717, 1.165) is 23.0 Å². The summed E-state index contributed by atoms with van der Waals surface area (Å²) in [5, 5.41) is 0.782. The van der Waals surface area contributed by atoms with Gasteiger partial charge >= 0.3 is 0 Å². The van der Waals surface area contributed by atoms with E-state index in [1.807, 2.05) is 18.2 Å². The van der Waals surface area contributed by atoms with Gasteiger partial charge in [0, 0.05) is 34.8 Å². The highest BCUT2D eigenvalue weighted by molar-refractivity contribution is 8.00. The second-order valence-electron chi connectivity index (χ2n) is 4.57. The summed E-state index contributed by atoms with van der Waals surface area (Å²) in [7, 11) is 0. The van der Waals surface area contributed by atoms with E-state index in [9.17, 15) is 4.79 Å². The molecule has 2 bridgehead atoms. The molecule has 2 saturated heterocycles. The first-order valence-electron chi connectivity index (χ1n) is 5.74. The summed E-state index contributed by atoms with van der Waals surface area (Å²) in [6.45, 7) is 2.77. The van der Waals surface area contributed by atoms with E-state index in [-0.39, 0.29) is 5.78 Å². The molecule has 1 aromatic carbocycles. The van der Waals surface area contributed by atoms with Gasteiger partial charge in [-0.25, -0.2) is 0 Å². The van der Waals surface area contributed by atoms with Crippen LogP contribution in [0.15, 0.2) is 24.3 Å². The summed E-state index contributed by atoms with van der Waals surface area (Å²) < 4.78 is 0. The van der Waals surface area contributed by atoms with Gasteiger partial charge in [0.15, 0.2) is 5.78 Å². The van der Waals surface area contributed by atoms with Crippen molar-refractivity contribution in [3.05, 3.63) is 29.8 Å². The van der Waals surface area contributed by atoms with Crippen LogP contribution in [0.4, 0.5) is 5.69 Å². The fourth-order valence-electron chi connectivity index (χ4n) is 2.72. The van der Waals surface area contributed by atoms with Crippen LogP contribution in [0.25, 0.3) is 0 Å². The molecule has 0 N–H and O–H groups in total.